The van der Waals surface area contributed by atoms with Gasteiger partial charge in [-0.2, -0.15) is 0 Å². The zero-order valence-corrected chi connectivity index (χ0v) is 14.8. The minimum absolute atomic E-state index is 0. The van der Waals surface area contributed by atoms with Gasteiger partial charge >= 0.3 is 143 Å². The Kier molecular flexibility index (Phi) is 3970. The molecular formula is Al2Ca2Ni2O7. The molecule has 13 heteroatoms. The molecule has 0 radical (unpaired) electrons. The van der Waals surface area contributed by atoms with Crippen molar-refractivity contribution in [1.29, 1.82) is 0 Å². The molecule has 0 bridgehead atoms. The smallest absolute Gasteiger partial charge is 2.00 e. The molecule has 0 aliphatic carbocycles. The van der Waals surface area contributed by atoms with E-state index in [0.29, 0.717) is 0 Å². The average molecular weight is 363 g/mol. The standard InChI is InChI=1S/2Al.2Ca.2Ni.7O/q2*+3;4*+2;7*-2. The Morgan fingerprint density at radius 2 is 0.308 bits per heavy atom. The quantitative estimate of drug-likeness (QED) is 0.415. The Hall–Kier alpha value is 4.29. The Balaban J connectivity index is 0. The Morgan fingerprint density at radius 3 is 0.308 bits per heavy atom. The summed E-state index contributed by atoms with van der Waals surface area (Å²) in [5, 5.41) is 0. The second-order valence-electron chi connectivity index (χ2n) is 0. The minimum Gasteiger partial charge on any atom is -2.00 e. The van der Waals surface area contributed by atoms with Crippen molar-refractivity contribution in [3.63, 3.8) is 0 Å². The summed E-state index contributed by atoms with van der Waals surface area (Å²) >= 11 is 0. The fourth-order valence-corrected chi connectivity index (χ4v) is 0. The number of hydrogen-bond donors (Lipinski definition) is 0. The SMILES string of the molecule is [Al+3].[Al+3].[Ca+2].[Ca+2].[Ni+2].[Ni+2].[O-2].[O-2].[O-2].[O-2].[O-2].[O-2].[O-2]. The van der Waals surface area contributed by atoms with Gasteiger partial charge in [0.05, 0.1) is 0 Å². The van der Waals surface area contributed by atoms with Crippen LogP contribution in [0.15, 0.2) is 0 Å². The van der Waals surface area contributed by atoms with Gasteiger partial charge in [-0.05, 0) is 0 Å². The van der Waals surface area contributed by atoms with Crippen LogP contribution in [0, 0.1) is 0 Å². The van der Waals surface area contributed by atoms with Gasteiger partial charge in [-0.25, -0.2) is 0 Å². The van der Waals surface area contributed by atoms with Crippen LogP contribution in [-0.4, -0.2) is 110 Å². The Bertz CT molecular complexity index is 22.5. The maximum atomic E-state index is 0. The van der Waals surface area contributed by atoms with Crippen LogP contribution in [0.5, 0.6) is 0 Å². The fraction of sp³-hybridized carbons (Fsp3) is 0. The van der Waals surface area contributed by atoms with Crippen LogP contribution >= 0.6 is 0 Å². The summed E-state index contributed by atoms with van der Waals surface area (Å²) in [7, 11) is 0. The molecule has 0 aromatic heterocycles. The Labute approximate surface area is 178 Å². The summed E-state index contributed by atoms with van der Waals surface area (Å²) in [6.07, 6.45) is 0. The van der Waals surface area contributed by atoms with Gasteiger partial charge in [0.15, 0.2) is 0 Å². The predicted molar refractivity (Wildman–Crippen MR) is 27.8 cm³/mol. The summed E-state index contributed by atoms with van der Waals surface area (Å²) in [4.78, 5) is 0. The van der Waals surface area contributed by atoms with Crippen LogP contribution in [0.4, 0.5) is 0 Å². The third kappa shape index (κ3) is 181. The van der Waals surface area contributed by atoms with E-state index in [2.05, 4.69) is 0 Å². The molecule has 0 aliphatic heterocycles. The van der Waals surface area contributed by atoms with Crippen LogP contribution in [0.2, 0.25) is 0 Å². The topological polar surface area (TPSA) is 200 Å². The molecular weight excluding hydrogens is 363 g/mol. The van der Waals surface area contributed by atoms with Crippen molar-refractivity contribution in [2.24, 2.45) is 0 Å². The molecule has 0 saturated carbocycles. The maximum absolute atomic E-state index is 0. The predicted octanol–water partition coefficient (Wildman–Crippen LogP) is -2.36. The zero-order valence-electron chi connectivity index (χ0n) is 6.06. The molecule has 0 aliphatic rings. The van der Waals surface area contributed by atoms with E-state index in [0.717, 1.165) is 0 Å². The van der Waals surface area contributed by atoms with Crippen LogP contribution in [-0.2, 0) is 71.3 Å². The maximum Gasteiger partial charge on any atom is 3.00 e. The first-order valence-corrected chi connectivity index (χ1v) is 0. The number of hydrogen-bond acceptors (Lipinski definition) is 0. The summed E-state index contributed by atoms with van der Waals surface area (Å²) < 4.78 is 0. The monoisotopic (exact) mass is 362 g/mol. The van der Waals surface area contributed by atoms with E-state index in [1.165, 1.54) is 0 Å². The number of rotatable bonds is 0. The first-order chi connectivity index (χ1) is 0. The van der Waals surface area contributed by atoms with Gasteiger partial charge < -0.3 is 38.3 Å². The molecule has 0 saturated heterocycles. The van der Waals surface area contributed by atoms with E-state index in [1.54, 1.807) is 0 Å². The van der Waals surface area contributed by atoms with E-state index >= 15 is 0 Å². The third-order valence-electron chi connectivity index (χ3n) is 0. The minimum atomic E-state index is 0. The molecule has 0 aromatic rings. The summed E-state index contributed by atoms with van der Waals surface area (Å²) in [6.45, 7) is 0. The van der Waals surface area contributed by atoms with E-state index in [1.807, 2.05) is 0 Å². The van der Waals surface area contributed by atoms with E-state index in [-0.39, 0.29) is 182 Å². The first-order valence-electron chi connectivity index (χ1n) is 0. The van der Waals surface area contributed by atoms with Crippen LogP contribution in [0.1, 0.15) is 0 Å². The van der Waals surface area contributed by atoms with Crippen molar-refractivity contribution < 1.29 is 71.3 Å². The van der Waals surface area contributed by atoms with E-state index in [4.69, 9.17) is 0 Å². The van der Waals surface area contributed by atoms with Gasteiger partial charge in [-0.15, -0.1) is 0 Å². The van der Waals surface area contributed by atoms with Crippen molar-refractivity contribution in [1.82, 2.24) is 0 Å². The molecule has 0 N–H and O–H groups in total. The summed E-state index contributed by atoms with van der Waals surface area (Å²) in [6, 6.07) is 0. The van der Waals surface area contributed by atoms with Gasteiger partial charge in [0.2, 0.25) is 0 Å². The van der Waals surface area contributed by atoms with Gasteiger partial charge in [0.1, 0.15) is 0 Å². The molecule has 0 atom stereocenters. The normalized spacial score (nSPS) is 0. The van der Waals surface area contributed by atoms with Crippen molar-refractivity contribution in [2.75, 3.05) is 0 Å². The van der Waals surface area contributed by atoms with Crippen LogP contribution in [0.25, 0.3) is 0 Å². The van der Waals surface area contributed by atoms with Crippen LogP contribution < -0.4 is 0 Å². The molecule has 0 fully saturated rings. The summed E-state index contributed by atoms with van der Waals surface area (Å²) in [5.41, 5.74) is 0. The molecule has 0 unspecified atom stereocenters. The Morgan fingerprint density at radius 1 is 0.308 bits per heavy atom. The molecule has 0 rings (SSSR count). The molecule has 7 nitrogen and oxygen atoms in total. The molecule has 72 valence electrons. The van der Waals surface area contributed by atoms with E-state index < -0.39 is 0 Å². The average Bonchev–Trinajstić information content (AvgIpc) is 0. The van der Waals surface area contributed by atoms with Crippen molar-refractivity contribution in [3.05, 3.63) is 0 Å². The van der Waals surface area contributed by atoms with Crippen molar-refractivity contribution in [3.8, 4) is 0 Å². The van der Waals surface area contributed by atoms with E-state index in [9.17, 15) is 0 Å². The van der Waals surface area contributed by atoms with Gasteiger partial charge in [0, 0.05) is 0 Å². The molecule has 13 heavy (non-hydrogen) atoms. The second kappa shape index (κ2) is 207. The van der Waals surface area contributed by atoms with Crippen molar-refractivity contribution in [2.45, 2.75) is 0 Å². The van der Waals surface area contributed by atoms with Gasteiger partial charge in [-0.1, -0.05) is 0 Å². The first kappa shape index (κ1) is 249. The largest absolute Gasteiger partial charge is 3.00 e. The molecule has 0 aromatic carbocycles. The van der Waals surface area contributed by atoms with Gasteiger partial charge in [0.25, 0.3) is 0 Å². The van der Waals surface area contributed by atoms with Crippen LogP contribution in [0.3, 0.4) is 0 Å². The van der Waals surface area contributed by atoms with Crippen molar-refractivity contribution >= 4 is 110 Å². The second-order valence-corrected chi connectivity index (χ2v) is 0. The summed E-state index contributed by atoms with van der Waals surface area (Å²) in [5.74, 6) is 0. The zero-order chi connectivity index (χ0) is 0. The molecule has 0 heterocycles. The fourth-order valence-electron chi connectivity index (χ4n) is 0. The molecule has 0 spiro atoms. The third-order valence-corrected chi connectivity index (χ3v) is 0. The molecule has 0 amide bonds. The van der Waals surface area contributed by atoms with Gasteiger partial charge in [-0.3, -0.25) is 0 Å².